The molecule has 0 heterocycles. The van der Waals surface area contributed by atoms with E-state index in [0.29, 0.717) is 13.0 Å². The molecular formula is C13H19NO3. The first-order chi connectivity index (χ1) is 8.12. The van der Waals surface area contributed by atoms with Crippen LogP contribution in [0.25, 0.3) is 0 Å². The number of benzene rings is 1. The Morgan fingerprint density at radius 1 is 1.41 bits per heavy atom. The van der Waals surface area contributed by atoms with Gasteiger partial charge >= 0.3 is 5.97 Å². The summed E-state index contributed by atoms with van der Waals surface area (Å²) in [5.74, 6) is 0.530. The number of carbonyl (C=O) groups is 1. The summed E-state index contributed by atoms with van der Waals surface area (Å²) in [5, 5.41) is 0. The molecule has 2 N–H and O–H groups in total. The predicted molar refractivity (Wildman–Crippen MR) is 66.2 cm³/mol. The second-order valence-electron chi connectivity index (χ2n) is 3.94. The second kappa shape index (κ2) is 6.25. The van der Waals surface area contributed by atoms with Gasteiger partial charge in [-0.3, -0.25) is 4.79 Å². The van der Waals surface area contributed by atoms with E-state index in [0.717, 1.165) is 16.9 Å². The van der Waals surface area contributed by atoms with Crippen molar-refractivity contribution in [1.29, 1.82) is 0 Å². The highest BCUT2D eigenvalue weighted by Crippen LogP contribution is 2.26. The summed E-state index contributed by atoms with van der Waals surface area (Å²) < 4.78 is 9.91. The summed E-state index contributed by atoms with van der Waals surface area (Å²) in [6.45, 7) is 2.38. The zero-order chi connectivity index (χ0) is 12.8. The van der Waals surface area contributed by atoms with Gasteiger partial charge in [0, 0.05) is 5.92 Å². The van der Waals surface area contributed by atoms with Gasteiger partial charge in [0.15, 0.2) is 0 Å². The van der Waals surface area contributed by atoms with Crippen LogP contribution in [0.1, 0.15) is 23.5 Å². The van der Waals surface area contributed by atoms with Crippen molar-refractivity contribution < 1.29 is 14.3 Å². The summed E-state index contributed by atoms with van der Waals surface area (Å²) >= 11 is 0. The lowest BCUT2D eigenvalue weighted by atomic mass is 9.94. The molecule has 94 valence electrons. The molecule has 0 radical (unpaired) electrons. The predicted octanol–water partition coefficient (Wildman–Crippen LogP) is 1.61. The maximum atomic E-state index is 11.3. The van der Waals surface area contributed by atoms with Gasteiger partial charge < -0.3 is 15.2 Å². The van der Waals surface area contributed by atoms with Crippen LogP contribution < -0.4 is 10.5 Å². The van der Waals surface area contributed by atoms with Crippen molar-refractivity contribution in [1.82, 2.24) is 0 Å². The molecule has 1 aromatic rings. The average Bonchev–Trinajstić information content (AvgIpc) is 2.36. The Morgan fingerprint density at radius 3 is 2.65 bits per heavy atom. The molecule has 1 rings (SSSR count). The first kappa shape index (κ1) is 13.5. The molecule has 0 saturated heterocycles. The molecule has 4 nitrogen and oxygen atoms in total. The Bertz CT molecular complexity index is 390. The summed E-state index contributed by atoms with van der Waals surface area (Å²) in [4.78, 5) is 11.3. The number of nitrogens with two attached hydrogens (primary N) is 1. The van der Waals surface area contributed by atoms with Crippen LogP contribution in [0.4, 0.5) is 0 Å². The first-order valence-electron chi connectivity index (χ1n) is 5.53. The highest BCUT2D eigenvalue weighted by Gasteiger charge is 2.16. The lowest BCUT2D eigenvalue weighted by Crippen LogP contribution is -2.17. The number of carbonyl (C=O) groups excluding carboxylic acids is 1. The topological polar surface area (TPSA) is 61.5 Å². The van der Waals surface area contributed by atoms with Gasteiger partial charge in [0.2, 0.25) is 0 Å². The van der Waals surface area contributed by atoms with Gasteiger partial charge in [0.1, 0.15) is 5.75 Å². The lowest BCUT2D eigenvalue weighted by Gasteiger charge is -2.15. The molecule has 0 aliphatic rings. The van der Waals surface area contributed by atoms with Crippen molar-refractivity contribution >= 4 is 5.97 Å². The lowest BCUT2D eigenvalue weighted by molar-refractivity contribution is -0.141. The zero-order valence-corrected chi connectivity index (χ0v) is 10.5. The van der Waals surface area contributed by atoms with Crippen molar-refractivity contribution in [2.45, 2.75) is 19.3 Å². The Kier molecular flexibility index (Phi) is 4.97. The molecule has 0 amide bonds. The van der Waals surface area contributed by atoms with Gasteiger partial charge in [0.05, 0.1) is 20.6 Å². The first-order valence-corrected chi connectivity index (χ1v) is 5.53. The SMILES string of the molecule is COC(=O)CC(CN)c1ccc(C)c(OC)c1. The number of hydrogen-bond acceptors (Lipinski definition) is 4. The molecule has 0 spiro atoms. The molecule has 1 atom stereocenters. The maximum Gasteiger partial charge on any atom is 0.306 e. The van der Waals surface area contributed by atoms with Gasteiger partial charge in [-0.05, 0) is 30.7 Å². The van der Waals surface area contributed by atoms with Crippen LogP contribution in [0, 0.1) is 6.92 Å². The van der Waals surface area contributed by atoms with Gasteiger partial charge in [0.25, 0.3) is 0 Å². The Labute approximate surface area is 102 Å². The number of ether oxygens (including phenoxy) is 2. The minimum atomic E-state index is -0.250. The molecular weight excluding hydrogens is 218 g/mol. The highest BCUT2D eigenvalue weighted by molar-refractivity contribution is 5.70. The Hall–Kier alpha value is -1.55. The number of rotatable bonds is 5. The van der Waals surface area contributed by atoms with E-state index >= 15 is 0 Å². The minimum absolute atomic E-state index is 0.0306. The van der Waals surface area contributed by atoms with E-state index in [1.807, 2.05) is 25.1 Å². The fraction of sp³-hybridized carbons (Fsp3) is 0.462. The molecule has 0 aliphatic carbocycles. The summed E-state index contributed by atoms with van der Waals surface area (Å²) in [5.41, 5.74) is 7.75. The fourth-order valence-corrected chi connectivity index (χ4v) is 1.71. The molecule has 0 fully saturated rings. The van der Waals surface area contributed by atoms with E-state index in [1.54, 1.807) is 7.11 Å². The van der Waals surface area contributed by atoms with E-state index in [9.17, 15) is 4.79 Å². The van der Waals surface area contributed by atoms with Crippen molar-refractivity contribution in [2.75, 3.05) is 20.8 Å². The van der Waals surface area contributed by atoms with E-state index in [4.69, 9.17) is 10.5 Å². The highest BCUT2D eigenvalue weighted by atomic mass is 16.5. The van der Waals surface area contributed by atoms with Crippen LogP contribution >= 0.6 is 0 Å². The normalized spacial score (nSPS) is 12.0. The molecule has 0 aromatic heterocycles. The third-order valence-electron chi connectivity index (χ3n) is 2.83. The Morgan fingerprint density at radius 2 is 2.12 bits per heavy atom. The van der Waals surface area contributed by atoms with Crippen LogP contribution in [0.3, 0.4) is 0 Å². The molecule has 1 aromatic carbocycles. The van der Waals surface area contributed by atoms with Crippen LogP contribution in [0.5, 0.6) is 5.75 Å². The van der Waals surface area contributed by atoms with Crippen LogP contribution in [0.15, 0.2) is 18.2 Å². The van der Waals surface area contributed by atoms with Crippen LogP contribution in [-0.2, 0) is 9.53 Å². The smallest absolute Gasteiger partial charge is 0.306 e. The van der Waals surface area contributed by atoms with E-state index < -0.39 is 0 Å². The fourth-order valence-electron chi connectivity index (χ4n) is 1.71. The van der Waals surface area contributed by atoms with Crippen molar-refractivity contribution in [3.63, 3.8) is 0 Å². The minimum Gasteiger partial charge on any atom is -0.496 e. The summed E-state index contributed by atoms with van der Waals surface area (Å²) in [6, 6.07) is 5.86. The van der Waals surface area contributed by atoms with Crippen LogP contribution in [-0.4, -0.2) is 26.7 Å². The molecule has 17 heavy (non-hydrogen) atoms. The molecule has 0 saturated carbocycles. The monoisotopic (exact) mass is 237 g/mol. The summed E-state index contributed by atoms with van der Waals surface area (Å²) in [7, 11) is 3.01. The van der Waals surface area contributed by atoms with E-state index in [-0.39, 0.29) is 11.9 Å². The van der Waals surface area contributed by atoms with Gasteiger partial charge in [-0.1, -0.05) is 12.1 Å². The number of aryl methyl sites for hydroxylation is 1. The van der Waals surface area contributed by atoms with Gasteiger partial charge in [-0.15, -0.1) is 0 Å². The quantitative estimate of drug-likeness (QED) is 0.790. The largest absolute Gasteiger partial charge is 0.496 e. The van der Waals surface area contributed by atoms with Crippen molar-refractivity contribution in [3.8, 4) is 5.75 Å². The molecule has 1 unspecified atom stereocenters. The van der Waals surface area contributed by atoms with E-state index in [1.165, 1.54) is 7.11 Å². The average molecular weight is 237 g/mol. The second-order valence-corrected chi connectivity index (χ2v) is 3.94. The standard InChI is InChI=1S/C13H19NO3/c1-9-4-5-10(6-12(9)16-2)11(8-14)7-13(15)17-3/h4-6,11H,7-8,14H2,1-3H3. The third-order valence-corrected chi connectivity index (χ3v) is 2.83. The van der Waals surface area contributed by atoms with E-state index in [2.05, 4.69) is 4.74 Å². The molecule has 0 aliphatic heterocycles. The molecule has 0 bridgehead atoms. The number of methoxy groups -OCH3 is 2. The maximum absolute atomic E-state index is 11.3. The van der Waals surface area contributed by atoms with Gasteiger partial charge in [-0.2, -0.15) is 0 Å². The number of esters is 1. The summed E-state index contributed by atoms with van der Waals surface area (Å²) in [6.07, 6.45) is 0.291. The number of hydrogen-bond donors (Lipinski definition) is 1. The third kappa shape index (κ3) is 3.46. The van der Waals surface area contributed by atoms with Crippen molar-refractivity contribution in [2.24, 2.45) is 5.73 Å². The zero-order valence-electron chi connectivity index (χ0n) is 10.5. The Balaban J connectivity index is 2.91. The van der Waals surface area contributed by atoms with Gasteiger partial charge in [-0.25, -0.2) is 0 Å². The molecule has 4 heteroatoms. The van der Waals surface area contributed by atoms with Crippen LogP contribution in [0.2, 0.25) is 0 Å². The van der Waals surface area contributed by atoms with Crippen molar-refractivity contribution in [3.05, 3.63) is 29.3 Å².